The number of fused-ring (bicyclic) bond motifs is 5. The number of hydrogen-bond acceptors (Lipinski definition) is 7. The van der Waals surface area contributed by atoms with Crippen LogP contribution >= 0.6 is 0 Å². The molecule has 1 aliphatic carbocycles. The highest BCUT2D eigenvalue weighted by Gasteiger charge is 2.73. The van der Waals surface area contributed by atoms with Gasteiger partial charge in [0.25, 0.3) is 23.2 Å². The largest absolute Gasteiger partial charge is 0.454 e. The monoisotopic (exact) mass is 514 g/mol. The molecule has 1 heterocycles. The lowest BCUT2D eigenvalue weighted by molar-refractivity contribution is -0.388. The SMILES string of the molecule is Cc1cc(C)c(C(=O)C(=O)NC23C(=O)c4cccc([N+](=O)[O-])c4C2(O)Oc2cc(C(C)C)ccc23)c(C)c1. The van der Waals surface area contributed by atoms with Gasteiger partial charge in [0.05, 0.1) is 4.92 Å². The summed E-state index contributed by atoms with van der Waals surface area (Å²) in [6.07, 6.45) is 0. The number of nitro groups is 1. The molecule has 0 spiro atoms. The summed E-state index contributed by atoms with van der Waals surface area (Å²) >= 11 is 0. The quantitative estimate of drug-likeness (QED) is 0.225. The Kier molecular flexibility index (Phi) is 5.54. The molecule has 0 saturated carbocycles. The van der Waals surface area contributed by atoms with Crippen LogP contribution in [0.15, 0.2) is 48.5 Å². The Morgan fingerprint density at radius 1 is 1.05 bits per heavy atom. The van der Waals surface area contributed by atoms with Crippen molar-refractivity contribution in [1.29, 1.82) is 0 Å². The molecule has 2 aliphatic rings. The number of aryl methyl sites for hydroxylation is 3. The number of aliphatic hydroxyl groups is 1. The molecule has 38 heavy (non-hydrogen) atoms. The maximum Gasteiger partial charge on any atom is 0.293 e. The lowest BCUT2D eigenvalue weighted by Gasteiger charge is -2.34. The lowest BCUT2D eigenvalue weighted by atomic mass is 9.81. The van der Waals surface area contributed by atoms with Crippen molar-refractivity contribution in [2.75, 3.05) is 0 Å². The van der Waals surface area contributed by atoms with Gasteiger partial charge >= 0.3 is 0 Å². The van der Waals surface area contributed by atoms with E-state index in [1.165, 1.54) is 12.1 Å². The molecule has 9 nitrogen and oxygen atoms in total. The first kappa shape index (κ1) is 25.3. The number of ketones is 2. The number of rotatable bonds is 5. The van der Waals surface area contributed by atoms with E-state index in [1.807, 2.05) is 20.8 Å². The van der Waals surface area contributed by atoms with Crippen molar-refractivity contribution >= 4 is 23.2 Å². The highest BCUT2D eigenvalue weighted by Crippen LogP contribution is 2.60. The molecule has 0 saturated heterocycles. The molecule has 194 valence electrons. The van der Waals surface area contributed by atoms with Crippen LogP contribution in [0.2, 0.25) is 0 Å². The van der Waals surface area contributed by atoms with Crippen molar-refractivity contribution in [2.24, 2.45) is 0 Å². The molecule has 0 bridgehead atoms. The van der Waals surface area contributed by atoms with E-state index in [4.69, 9.17) is 4.74 Å². The Bertz CT molecular complexity index is 1570. The van der Waals surface area contributed by atoms with Gasteiger partial charge in [-0.05, 0) is 49.4 Å². The zero-order valence-corrected chi connectivity index (χ0v) is 21.5. The summed E-state index contributed by atoms with van der Waals surface area (Å²) < 4.78 is 5.95. The minimum atomic E-state index is -2.66. The van der Waals surface area contributed by atoms with Crippen LogP contribution in [0, 0.1) is 30.9 Å². The molecule has 2 unspecified atom stereocenters. The maximum absolute atomic E-state index is 14.0. The Labute approximate surface area is 218 Å². The van der Waals surface area contributed by atoms with Crippen LogP contribution in [-0.2, 0) is 16.1 Å². The molecule has 2 atom stereocenters. The fourth-order valence-corrected chi connectivity index (χ4v) is 5.75. The Hall–Kier alpha value is -4.37. The number of hydrogen-bond donors (Lipinski definition) is 2. The smallest absolute Gasteiger partial charge is 0.293 e. The van der Waals surface area contributed by atoms with Gasteiger partial charge in [-0.1, -0.05) is 55.8 Å². The van der Waals surface area contributed by atoms with Gasteiger partial charge in [-0.15, -0.1) is 0 Å². The predicted octanol–water partition coefficient (Wildman–Crippen LogP) is 4.27. The number of nitro benzene ring substituents is 1. The maximum atomic E-state index is 14.0. The Morgan fingerprint density at radius 2 is 1.71 bits per heavy atom. The van der Waals surface area contributed by atoms with Crippen LogP contribution in [0.25, 0.3) is 0 Å². The molecule has 3 aromatic carbocycles. The van der Waals surface area contributed by atoms with E-state index in [0.717, 1.165) is 17.2 Å². The third kappa shape index (κ3) is 3.24. The van der Waals surface area contributed by atoms with Crippen LogP contribution in [-0.4, -0.2) is 27.5 Å². The average molecular weight is 515 g/mol. The van der Waals surface area contributed by atoms with Crippen LogP contribution in [0.5, 0.6) is 5.75 Å². The summed E-state index contributed by atoms with van der Waals surface area (Å²) in [5, 5.41) is 26.5. The summed E-state index contributed by atoms with van der Waals surface area (Å²) in [5.74, 6) is -5.36. The molecular weight excluding hydrogens is 488 g/mol. The number of nitrogens with one attached hydrogen (secondary N) is 1. The summed E-state index contributed by atoms with van der Waals surface area (Å²) in [4.78, 5) is 52.2. The second-order valence-electron chi connectivity index (χ2n) is 10.2. The van der Waals surface area contributed by atoms with Crippen molar-refractivity contribution in [3.05, 3.63) is 103 Å². The summed E-state index contributed by atoms with van der Waals surface area (Å²) in [7, 11) is 0. The molecule has 1 aliphatic heterocycles. The molecule has 2 N–H and O–H groups in total. The van der Waals surface area contributed by atoms with Crippen LogP contribution in [0.1, 0.15) is 73.9 Å². The number of ether oxygens (including phenoxy) is 1. The van der Waals surface area contributed by atoms with Gasteiger partial charge in [-0.25, -0.2) is 0 Å². The van der Waals surface area contributed by atoms with E-state index < -0.39 is 39.4 Å². The van der Waals surface area contributed by atoms with Gasteiger partial charge in [-0.3, -0.25) is 24.5 Å². The summed E-state index contributed by atoms with van der Waals surface area (Å²) in [6.45, 7) is 9.17. The van der Waals surface area contributed by atoms with Crippen molar-refractivity contribution in [2.45, 2.75) is 51.9 Å². The molecule has 9 heteroatoms. The second kappa shape index (κ2) is 8.32. The summed E-state index contributed by atoms with van der Waals surface area (Å²) in [5.41, 5.74) is -0.204. The number of benzene rings is 3. The number of Topliss-reactive ketones (excluding diaryl/α,β-unsaturated/α-hetero) is 2. The van der Waals surface area contributed by atoms with Gasteiger partial charge in [0.15, 0.2) is 0 Å². The van der Waals surface area contributed by atoms with Crippen molar-refractivity contribution in [1.82, 2.24) is 5.32 Å². The van der Waals surface area contributed by atoms with Gasteiger partial charge in [0, 0.05) is 22.8 Å². The molecular formula is C29H26N2O7. The third-order valence-corrected chi connectivity index (χ3v) is 7.42. The molecule has 0 fully saturated rings. The average Bonchev–Trinajstić information content (AvgIpc) is 3.19. The van der Waals surface area contributed by atoms with Gasteiger partial charge in [-0.2, -0.15) is 0 Å². The summed E-state index contributed by atoms with van der Waals surface area (Å²) in [6, 6.07) is 12.2. The van der Waals surface area contributed by atoms with Gasteiger partial charge in [0.2, 0.25) is 11.3 Å². The molecule has 0 radical (unpaired) electrons. The predicted molar refractivity (Wildman–Crippen MR) is 137 cm³/mol. The first-order valence-electron chi connectivity index (χ1n) is 12.2. The Balaban J connectivity index is 1.72. The number of carbonyl (C=O) groups is 3. The molecule has 3 aromatic rings. The second-order valence-corrected chi connectivity index (χ2v) is 10.2. The highest BCUT2D eigenvalue weighted by molar-refractivity contribution is 6.44. The minimum absolute atomic E-state index is 0.0657. The molecule has 0 aromatic heterocycles. The van der Waals surface area contributed by atoms with Crippen molar-refractivity contribution in [3.63, 3.8) is 0 Å². The molecule has 5 rings (SSSR count). The fraction of sp³-hybridized carbons (Fsp3) is 0.276. The zero-order valence-electron chi connectivity index (χ0n) is 21.5. The van der Waals surface area contributed by atoms with E-state index in [-0.39, 0.29) is 33.9 Å². The van der Waals surface area contributed by atoms with E-state index >= 15 is 0 Å². The van der Waals surface area contributed by atoms with E-state index in [1.54, 1.807) is 44.2 Å². The lowest BCUT2D eigenvalue weighted by Crippen LogP contribution is -2.61. The van der Waals surface area contributed by atoms with Crippen molar-refractivity contribution < 1.29 is 29.2 Å². The third-order valence-electron chi connectivity index (χ3n) is 7.42. The van der Waals surface area contributed by atoms with Crippen LogP contribution in [0.4, 0.5) is 5.69 Å². The topological polar surface area (TPSA) is 136 Å². The number of amides is 1. The van der Waals surface area contributed by atoms with E-state index in [0.29, 0.717) is 11.1 Å². The number of carbonyl (C=O) groups excluding carboxylic acids is 3. The standard InChI is InChI=1S/C29H26N2O7/c1-14(2)18-9-10-20-22(13-18)38-29(35)24-19(7-6-8-21(24)31(36)37)26(33)28(20,29)30-27(34)25(32)23-16(4)11-15(3)12-17(23)5/h6-14,35H,1-5H3,(H,30,34). The first-order chi connectivity index (χ1) is 17.8. The normalized spacial score (nSPS) is 21.0. The highest BCUT2D eigenvalue weighted by atomic mass is 16.6. The first-order valence-corrected chi connectivity index (χ1v) is 12.2. The van der Waals surface area contributed by atoms with Gasteiger partial charge in [0.1, 0.15) is 11.3 Å². The fourth-order valence-electron chi connectivity index (χ4n) is 5.75. The Morgan fingerprint density at radius 3 is 2.32 bits per heavy atom. The van der Waals surface area contributed by atoms with Crippen LogP contribution < -0.4 is 10.1 Å². The van der Waals surface area contributed by atoms with Crippen LogP contribution in [0.3, 0.4) is 0 Å². The van der Waals surface area contributed by atoms with E-state index in [2.05, 4.69) is 5.32 Å². The molecule has 1 amide bonds. The zero-order chi connectivity index (χ0) is 27.7. The van der Waals surface area contributed by atoms with Gasteiger partial charge < -0.3 is 15.2 Å². The number of nitrogens with zero attached hydrogens (tertiary/aromatic N) is 1. The van der Waals surface area contributed by atoms with Crippen molar-refractivity contribution in [3.8, 4) is 5.75 Å². The van der Waals surface area contributed by atoms with E-state index in [9.17, 15) is 29.6 Å². The minimum Gasteiger partial charge on any atom is -0.454 e.